The third kappa shape index (κ3) is 3.27. The summed E-state index contributed by atoms with van der Waals surface area (Å²) in [4.78, 5) is 20.0. The Bertz CT molecular complexity index is 553. The van der Waals surface area contributed by atoms with Gasteiger partial charge in [-0.25, -0.2) is 4.98 Å². The van der Waals surface area contributed by atoms with Crippen LogP contribution in [0.4, 0.5) is 5.69 Å². The molecule has 2 aromatic heterocycles. The van der Waals surface area contributed by atoms with Crippen molar-refractivity contribution in [3.63, 3.8) is 0 Å². The minimum atomic E-state index is -0.214. The molecule has 0 aliphatic rings. The molecule has 2 rings (SSSR count). The molecule has 0 fully saturated rings. The molecular weight excluding hydrogens is 248 g/mol. The summed E-state index contributed by atoms with van der Waals surface area (Å²) < 4.78 is 0. The highest BCUT2D eigenvalue weighted by molar-refractivity contribution is 7.09. The van der Waals surface area contributed by atoms with Crippen LogP contribution in [0.2, 0.25) is 0 Å². The molecule has 18 heavy (non-hydrogen) atoms. The van der Waals surface area contributed by atoms with E-state index in [1.807, 2.05) is 12.3 Å². The van der Waals surface area contributed by atoms with Gasteiger partial charge in [0.15, 0.2) is 0 Å². The number of pyridine rings is 1. The molecule has 0 aromatic carbocycles. The lowest BCUT2D eigenvalue weighted by Crippen LogP contribution is -2.26. The van der Waals surface area contributed by atoms with Crippen LogP contribution >= 0.6 is 11.3 Å². The Hall–Kier alpha value is -1.95. The lowest BCUT2D eigenvalue weighted by atomic mass is 10.3. The standard InChI is InChI=1S/C12H14N4OS/c1-8-16-10(7-18-8)3-5-15-12(17)11-6-9(13)2-4-14-11/h2,4,6-7H,3,5H2,1H3,(H2,13,14)(H,15,17). The van der Waals surface area contributed by atoms with Crippen LogP contribution in [0.15, 0.2) is 23.7 Å². The van der Waals surface area contributed by atoms with E-state index in [-0.39, 0.29) is 5.91 Å². The Kier molecular flexibility index (Phi) is 3.88. The number of rotatable bonds is 4. The Morgan fingerprint density at radius 3 is 3.06 bits per heavy atom. The molecule has 0 bridgehead atoms. The van der Waals surface area contributed by atoms with Crippen molar-refractivity contribution < 1.29 is 4.79 Å². The Balaban J connectivity index is 1.85. The topological polar surface area (TPSA) is 80.9 Å². The number of aromatic nitrogens is 2. The monoisotopic (exact) mass is 262 g/mol. The van der Waals surface area contributed by atoms with Crippen LogP contribution in [-0.4, -0.2) is 22.4 Å². The molecular formula is C12H14N4OS. The van der Waals surface area contributed by atoms with Crippen molar-refractivity contribution in [2.45, 2.75) is 13.3 Å². The first-order chi connectivity index (χ1) is 8.65. The van der Waals surface area contributed by atoms with E-state index >= 15 is 0 Å². The van der Waals surface area contributed by atoms with E-state index in [0.717, 1.165) is 17.1 Å². The molecule has 94 valence electrons. The van der Waals surface area contributed by atoms with E-state index in [9.17, 15) is 4.79 Å². The molecule has 2 aromatic rings. The van der Waals surface area contributed by atoms with Crippen molar-refractivity contribution in [2.75, 3.05) is 12.3 Å². The number of amides is 1. The first-order valence-electron chi connectivity index (χ1n) is 5.56. The Morgan fingerprint density at radius 1 is 1.56 bits per heavy atom. The minimum Gasteiger partial charge on any atom is -0.399 e. The summed E-state index contributed by atoms with van der Waals surface area (Å²) in [7, 11) is 0. The highest BCUT2D eigenvalue weighted by Gasteiger charge is 2.07. The zero-order chi connectivity index (χ0) is 13.0. The van der Waals surface area contributed by atoms with Gasteiger partial charge >= 0.3 is 0 Å². The van der Waals surface area contributed by atoms with Gasteiger partial charge in [-0.05, 0) is 19.1 Å². The predicted octanol–water partition coefficient (Wildman–Crippen LogP) is 1.40. The van der Waals surface area contributed by atoms with Crippen molar-refractivity contribution in [3.05, 3.63) is 40.1 Å². The molecule has 0 aliphatic heterocycles. The summed E-state index contributed by atoms with van der Waals surface area (Å²) in [5.74, 6) is -0.214. The van der Waals surface area contributed by atoms with Crippen molar-refractivity contribution in [2.24, 2.45) is 0 Å². The zero-order valence-corrected chi connectivity index (χ0v) is 10.8. The molecule has 2 heterocycles. The Morgan fingerprint density at radius 2 is 2.39 bits per heavy atom. The van der Waals surface area contributed by atoms with Gasteiger partial charge in [0, 0.05) is 30.2 Å². The van der Waals surface area contributed by atoms with E-state index in [4.69, 9.17) is 5.73 Å². The molecule has 0 saturated carbocycles. The number of thiazole rings is 1. The van der Waals surface area contributed by atoms with E-state index in [1.54, 1.807) is 23.5 Å². The summed E-state index contributed by atoms with van der Waals surface area (Å²) in [5, 5.41) is 5.83. The molecule has 1 amide bonds. The quantitative estimate of drug-likeness (QED) is 0.872. The van der Waals surface area contributed by atoms with Gasteiger partial charge in [0.1, 0.15) is 5.69 Å². The van der Waals surface area contributed by atoms with Gasteiger partial charge in [0.2, 0.25) is 0 Å². The fourth-order valence-electron chi connectivity index (χ4n) is 1.49. The maximum Gasteiger partial charge on any atom is 0.269 e. The van der Waals surface area contributed by atoms with Gasteiger partial charge in [0.25, 0.3) is 5.91 Å². The molecule has 0 aliphatic carbocycles. The highest BCUT2D eigenvalue weighted by atomic mass is 32.1. The van der Waals surface area contributed by atoms with Gasteiger partial charge in [-0.2, -0.15) is 0 Å². The maximum absolute atomic E-state index is 11.7. The fraction of sp³-hybridized carbons (Fsp3) is 0.250. The summed E-state index contributed by atoms with van der Waals surface area (Å²) in [5.41, 5.74) is 7.46. The van der Waals surface area contributed by atoms with Gasteiger partial charge < -0.3 is 11.1 Å². The zero-order valence-electron chi connectivity index (χ0n) is 10.0. The fourth-order valence-corrected chi connectivity index (χ4v) is 2.14. The molecule has 5 nitrogen and oxygen atoms in total. The van der Waals surface area contributed by atoms with E-state index in [2.05, 4.69) is 15.3 Å². The van der Waals surface area contributed by atoms with E-state index < -0.39 is 0 Å². The smallest absolute Gasteiger partial charge is 0.269 e. The summed E-state index contributed by atoms with van der Waals surface area (Å²) >= 11 is 1.61. The van der Waals surface area contributed by atoms with Crippen LogP contribution in [0, 0.1) is 6.92 Å². The molecule has 0 saturated heterocycles. The number of aryl methyl sites for hydroxylation is 1. The number of hydrogen-bond acceptors (Lipinski definition) is 5. The number of anilines is 1. The van der Waals surface area contributed by atoms with E-state index in [0.29, 0.717) is 17.9 Å². The van der Waals surface area contributed by atoms with Crippen molar-refractivity contribution in [1.82, 2.24) is 15.3 Å². The van der Waals surface area contributed by atoms with Crippen molar-refractivity contribution in [3.8, 4) is 0 Å². The first-order valence-corrected chi connectivity index (χ1v) is 6.44. The van der Waals surface area contributed by atoms with Gasteiger partial charge in [0.05, 0.1) is 10.7 Å². The largest absolute Gasteiger partial charge is 0.399 e. The average molecular weight is 262 g/mol. The molecule has 0 unspecified atom stereocenters. The summed E-state index contributed by atoms with van der Waals surface area (Å²) in [6.45, 7) is 2.50. The van der Waals surface area contributed by atoms with Gasteiger partial charge in [-0.1, -0.05) is 0 Å². The van der Waals surface area contributed by atoms with Crippen LogP contribution in [0.5, 0.6) is 0 Å². The van der Waals surface area contributed by atoms with Crippen LogP contribution in [0.25, 0.3) is 0 Å². The number of nitrogens with zero attached hydrogens (tertiary/aromatic N) is 2. The lowest BCUT2D eigenvalue weighted by molar-refractivity contribution is 0.0949. The summed E-state index contributed by atoms with van der Waals surface area (Å²) in [6.07, 6.45) is 2.24. The van der Waals surface area contributed by atoms with E-state index in [1.165, 1.54) is 6.20 Å². The van der Waals surface area contributed by atoms with Crippen LogP contribution < -0.4 is 11.1 Å². The highest BCUT2D eigenvalue weighted by Crippen LogP contribution is 2.08. The number of carbonyl (C=O) groups is 1. The second kappa shape index (κ2) is 5.59. The number of nitrogen functional groups attached to an aromatic ring is 1. The Labute approximate surface area is 109 Å². The number of nitrogens with one attached hydrogen (secondary N) is 1. The van der Waals surface area contributed by atoms with Crippen LogP contribution in [0.3, 0.4) is 0 Å². The van der Waals surface area contributed by atoms with Crippen molar-refractivity contribution >= 4 is 22.9 Å². The minimum absolute atomic E-state index is 0.214. The maximum atomic E-state index is 11.7. The number of carbonyl (C=O) groups excluding carboxylic acids is 1. The SMILES string of the molecule is Cc1nc(CCNC(=O)c2cc(N)ccn2)cs1. The van der Waals surface area contributed by atoms with Crippen molar-refractivity contribution in [1.29, 1.82) is 0 Å². The van der Waals surface area contributed by atoms with Gasteiger partial charge in [-0.3, -0.25) is 9.78 Å². The summed E-state index contributed by atoms with van der Waals surface area (Å²) in [6, 6.07) is 3.21. The van der Waals surface area contributed by atoms with Gasteiger partial charge in [-0.15, -0.1) is 11.3 Å². The van der Waals surface area contributed by atoms with Crippen LogP contribution in [-0.2, 0) is 6.42 Å². The number of nitrogens with two attached hydrogens (primary N) is 1. The average Bonchev–Trinajstić information content (AvgIpc) is 2.75. The third-order valence-corrected chi connectivity index (χ3v) is 3.17. The molecule has 6 heteroatoms. The molecule has 0 spiro atoms. The van der Waals surface area contributed by atoms with Crippen LogP contribution in [0.1, 0.15) is 21.2 Å². The lowest BCUT2D eigenvalue weighted by Gasteiger charge is -2.03. The predicted molar refractivity (Wildman–Crippen MR) is 71.5 cm³/mol. The molecule has 0 radical (unpaired) electrons. The number of hydrogen-bond donors (Lipinski definition) is 2. The first kappa shape index (κ1) is 12.5. The second-order valence-electron chi connectivity index (χ2n) is 3.84. The second-order valence-corrected chi connectivity index (χ2v) is 4.90. The molecule has 0 atom stereocenters. The molecule has 3 N–H and O–H groups in total. The normalized spacial score (nSPS) is 10.3. The third-order valence-electron chi connectivity index (χ3n) is 2.35.